The molecule has 3 aromatic rings. The first-order valence-corrected chi connectivity index (χ1v) is 7.36. The molecule has 0 saturated heterocycles. The van der Waals surface area contributed by atoms with Crippen LogP contribution in [0.3, 0.4) is 0 Å². The molecule has 0 amide bonds. The Morgan fingerprint density at radius 2 is 1.74 bits per heavy atom. The Morgan fingerprint density at radius 1 is 1.09 bits per heavy atom. The van der Waals surface area contributed by atoms with Crippen molar-refractivity contribution in [1.29, 1.82) is 5.26 Å². The Labute approximate surface area is 134 Å². The van der Waals surface area contributed by atoms with Crippen LogP contribution < -0.4 is 4.74 Å². The standard InChI is InChI=1S/C18H16N4O/c1-14(15-8-4-2-5-9-15)22-18(17(12-19)20-21-22)13-23-16-10-6-3-7-11-16/h2-11,14H,13H2,1H3. The van der Waals surface area contributed by atoms with Crippen molar-refractivity contribution in [3.63, 3.8) is 0 Å². The molecule has 5 heteroatoms. The molecule has 0 saturated carbocycles. The van der Waals surface area contributed by atoms with Gasteiger partial charge in [-0.2, -0.15) is 5.26 Å². The fourth-order valence-electron chi connectivity index (χ4n) is 2.39. The number of aromatic nitrogens is 3. The summed E-state index contributed by atoms with van der Waals surface area (Å²) in [5, 5.41) is 17.4. The molecule has 0 radical (unpaired) electrons. The maximum Gasteiger partial charge on any atom is 0.189 e. The number of rotatable bonds is 5. The molecule has 1 atom stereocenters. The molecule has 5 nitrogen and oxygen atoms in total. The summed E-state index contributed by atoms with van der Waals surface area (Å²) in [5.41, 5.74) is 2.07. The van der Waals surface area contributed by atoms with Gasteiger partial charge in [0, 0.05) is 0 Å². The quantitative estimate of drug-likeness (QED) is 0.725. The Balaban J connectivity index is 1.87. The van der Waals surface area contributed by atoms with Gasteiger partial charge in [0.15, 0.2) is 5.69 Å². The van der Waals surface area contributed by atoms with Crippen molar-refractivity contribution in [2.24, 2.45) is 0 Å². The lowest BCUT2D eigenvalue weighted by molar-refractivity contribution is 0.289. The maximum atomic E-state index is 9.26. The zero-order valence-corrected chi connectivity index (χ0v) is 12.8. The molecule has 114 valence electrons. The number of hydrogen-bond donors (Lipinski definition) is 0. The summed E-state index contributed by atoms with van der Waals surface area (Å²) in [6.45, 7) is 2.27. The van der Waals surface area contributed by atoms with Crippen LogP contribution in [0.2, 0.25) is 0 Å². The zero-order valence-electron chi connectivity index (χ0n) is 12.8. The lowest BCUT2D eigenvalue weighted by Crippen LogP contribution is -2.14. The van der Waals surface area contributed by atoms with Gasteiger partial charge >= 0.3 is 0 Å². The first kappa shape index (κ1) is 14.8. The van der Waals surface area contributed by atoms with Gasteiger partial charge in [-0.3, -0.25) is 0 Å². The van der Waals surface area contributed by atoms with Crippen LogP contribution in [0.25, 0.3) is 0 Å². The first-order valence-electron chi connectivity index (χ1n) is 7.36. The van der Waals surface area contributed by atoms with Crippen LogP contribution in [-0.2, 0) is 6.61 Å². The molecule has 3 rings (SSSR count). The van der Waals surface area contributed by atoms with Gasteiger partial charge in [-0.1, -0.05) is 53.7 Å². The first-order chi connectivity index (χ1) is 11.3. The molecule has 0 aliphatic rings. The highest BCUT2D eigenvalue weighted by molar-refractivity contribution is 5.28. The van der Waals surface area contributed by atoms with E-state index in [0.717, 1.165) is 11.3 Å². The lowest BCUT2D eigenvalue weighted by atomic mass is 10.1. The van der Waals surface area contributed by atoms with E-state index >= 15 is 0 Å². The van der Waals surface area contributed by atoms with E-state index in [1.54, 1.807) is 4.68 Å². The van der Waals surface area contributed by atoms with E-state index in [1.807, 2.05) is 67.6 Å². The zero-order chi connectivity index (χ0) is 16.1. The van der Waals surface area contributed by atoms with Crippen molar-refractivity contribution < 1.29 is 4.74 Å². The number of benzene rings is 2. The smallest absolute Gasteiger partial charge is 0.189 e. The van der Waals surface area contributed by atoms with Crippen LogP contribution in [0, 0.1) is 11.3 Å². The fraction of sp³-hybridized carbons (Fsp3) is 0.167. The Morgan fingerprint density at radius 3 is 2.39 bits per heavy atom. The van der Waals surface area contributed by atoms with Crippen LogP contribution in [0.5, 0.6) is 5.75 Å². The van der Waals surface area contributed by atoms with Crippen LogP contribution in [0.1, 0.15) is 29.9 Å². The maximum absolute atomic E-state index is 9.26. The molecule has 2 aromatic carbocycles. The molecule has 0 fully saturated rings. The van der Waals surface area contributed by atoms with Crippen molar-refractivity contribution in [3.05, 3.63) is 77.6 Å². The SMILES string of the molecule is CC(c1ccccc1)n1nnc(C#N)c1COc1ccccc1. The summed E-state index contributed by atoms with van der Waals surface area (Å²) in [6, 6.07) is 21.5. The molecular formula is C18H16N4O. The third-order valence-corrected chi connectivity index (χ3v) is 3.66. The van der Waals surface area contributed by atoms with E-state index < -0.39 is 0 Å². The number of hydrogen-bond acceptors (Lipinski definition) is 4. The van der Waals surface area contributed by atoms with Crippen molar-refractivity contribution in [2.75, 3.05) is 0 Å². The van der Waals surface area contributed by atoms with Gasteiger partial charge in [0.2, 0.25) is 0 Å². The molecule has 1 unspecified atom stereocenters. The molecule has 1 aromatic heterocycles. The number of ether oxygens (including phenoxy) is 1. The summed E-state index contributed by atoms with van der Waals surface area (Å²) in [4.78, 5) is 0. The van der Waals surface area contributed by atoms with Gasteiger partial charge in [-0.15, -0.1) is 5.10 Å². The molecule has 0 N–H and O–H groups in total. The van der Waals surface area contributed by atoms with Crippen molar-refractivity contribution in [1.82, 2.24) is 15.0 Å². The Bertz CT molecular complexity index is 806. The van der Waals surface area contributed by atoms with E-state index in [1.165, 1.54) is 0 Å². The lowest BCUT2D eigenvalue weighted by Gasteiger charge is -2.15. The molecule has 1 heterocycles. The molecular weight excluding hydrogens is 288 g/mol. The van der Waals surface area contributed by atoms with Crippen LogP contribution in [0.4, 0.5) is 0 Å². The van der Waals surface area contributed by atoms with Gasteiger partial charge in [0.1, 0.15) is 24.1 Å². The molecule has 0 bridgehead atoms. The van der Waals surface area contributed by atoms with Crippen LogP contribution in [0.15, 0.2) is 60.7 Å². The highest BCUT2D eigenvalue weighted by Crippen LogP contribution is 2.21. The second-order valence-corrected chi connectivity index (χ2v) is 5.13. The summed E-state index contributed by atoms with van der Waals surface area (Å²) in [5.74, 6) is 0.747. The van der Waals surface area contributed by atoms with Crippen molar-refractivity contribution >= 4 is 0 Å². The predicted octanol–water partition coefficient (Wildman–Crippen LogP) is 3.34. The second-order valence-electron chi connectivity index (χ2n) is 5.13. The third-order valence-electron chi connectivity index (χ3n) is 3.66. The van der Waals surface area contributed by atoms with E-state index in [0.29, 0.717) is 11.4 Å². The van der Waals surface area contributed by atoms with E-state index in [9.17, 15) is 5.26 Å². The average molecular weight is 304 g/mol. The summed E-state index contributed by atoms with van der Waals surface area (Å²) in [6.07, 6.45) is 0. The van der Waals surface area contributed by atoms with Crippen molar-refractivity contribution in [3.8, 4) is 11.8 Å². The largest absolute Gasteiger partial charge is 0.487 e. The third kappa shape index (κ3) is 3.22. The fourth-order valence-corrected chi connectivity index (χ4v) is 2.39. The number of para-hydroxylation sites is 1. The van der Waals surface area contributed by atoms with Crippen molar-refractivity contribution in [2.45, 2.75) is 19.6 Å². The topological polar surface area (TPSA) is 63.7 Å². The predicted molar refractivity (Wildman–Crippen MR) is 85.8 cm³/mol. The summed E-state index contributed by atoms with van der Waals surface area (Å²) < 4.78 is 7.51. The molecule has 0 aliphatic carbocycles. The van der Waals surface area contributed by atoms with E-state index in [-0.39, 0.29) is 12.6 Å². The van der Waals surface area contributed by atoms with Crippen LogP contribution >= 0.6 is 0 Å². The molecule has 0 spiro atoms. The molecule has 23 heavy (non-hydrogen) atoms. The van der Waals surface area contributed by atoms with E-state index in [2.05, 4.69) is 16.4 Å². The normalized spacial score (nSPS) is 11.7. The van der Waals surface area contributed by atoms with Gasteiger partial charge in [-0.05, 0) is 24.6 Å². The van der Waals surface area contributed by atoms with Gasteiger partial charge < -0.3 is 4.74 Å². The highest BCUT2D eigenvalue weighted by atomic mass is 16.5. The van der Waals surface area contributed by atoms with Gasteiger partial charge in [0.25, 0.3) is 0 Å². The second kappa shape index (κ2) is 6.75. The Hall–Kier alpha value is -3.13. The van der Waals surface area contributed by atoms with Gasteiger partial charge in [-0.25, -0.2) is 4.68 Å². The minimum absolute atomic E-state index is 0.0276. The number of nitrogens with zero attached hydrogens (tertiary/aromatic N) is 4. The highest BCUT2D eigenvalue weighted by Gasteiger charge is 2.18. The van der Waals surface area contributed by atoms with Gasteiger partial charge in [0.05, 0.1) is 6.04 Å². The number of nitriles is 1. The summed E-state index contributed by atoms with van der Waals surface area (Å²) >= 11 is 0. The summed E-state index contributed by atoms with van der Waals surface area (Å²) in [7, 11) is 0. The minimum atomic E-state index is -0.0276. The minimum Gasteiger partial charge on any atom is -0.487 e. The average Bonchev–Trinajstić information content (AvgIpc) is 3.04. The van der Waals surface area contributed by atoms with Crippen LogP contribution in [-0.4, -0.2) is 15.0 Å². The monoisotopic (exact) mass is 304 g/mol. The van der Waals surface area contributed by atoms with E-state index in [4.69, 9.17) is 4.74 Å². The Kier molecular flexibility index (Phi) is 4.34. The molecule has 0 aliphatic heterocycles.